The Morgan fingerprint density at radius 1 is 1.29 bits per heavy atom. The maximum absolute atomic E-state index is 14.1. The number of benzene rings is 2. The van der Waals surface area contributed by atoms with E-state index in [9.17, 15) is 17.6 Å². The lowest BCUT2D eigenvalue weighted by Gasteiger charge is -2.24. The maximum atomic E-state index is 14.1. The summed E-state index contributed by atoms with van der Waals surface area (Å²) >= 11 is 5.98. The number of amides is 1. The summed E-state index contributed by atoms with van der Waals surface area (Å²) in [5.41, 5.74) is 1.10. The zero-order valence-corrected chi connectivity index (χ0v) is 18.7. The van der Waals surface area contributed by atoms with Crippen LogP contribution in [0, 0.1) is 11.2 Å². The van der Waals surface area contributed by atoms with Crippen molar-refractivity contribution in [3.8, 4) is 11.1 Å². The van der Waals surface area contributed by atoms with E-state index >= 15 is 0 Å². The van der Waals surface area contributed by atoms with Crippen molar-refractivity contribution in [3.05, 3.63) is 58.9 Å². The third-order valence-electron chi connectivity index (χ3n) is 5.43. The van der Waals surface area contributed by atoms with E-state index in [0.717, 1.165) is 11.8 Å². The van der Waals surface area contributed by atoms with Crippen LogP contribution in [0.25, 0.3) is 11.1 Å². The number of aliphatic imine (C=N–C) groups is 1. The van der Waals surface area contributed by atoms with Gasteiger partial charge in [0, 0.05) is 23.2 Å². The molecule has 1 N–H and O–H groups in total. The highest BCUT2D eigenvalue weighted by Gasteiger charge is 2.47. The number of nitrogens with one attached hydrogen (secondary N) is 1. The SMILES string of the molecule is C=NCCC1(COS(C)(=O)=O)C[C@@H](Cc2ccc(-c3cc(Cl)ccc3F)cc2)NC1=O. The fraction of sp³-hybridized carbons (Fsp3) is 0.364. The van der Waals surface area contributed by atoms with Gasteiger partial charge in [-0.2, -0.15) is 8.42 Å². The van der Waals surface area contributed by atoms with Gasteiger partial charge >= 0.3 is 0 Å². The lowest BCUT2D eigenvalue weighted by molar-refractivity contribution is -0.129. The number of hydrogen-bond acceptors (Lipinski definition) is 5. The average Bonchev–Trinajstić information content (AvgIpc) is 3.02. The van der Waals surface area contributed by atoms with Gasteiger partial charge in [-0.05, 0) is 55.3 Å². The molecular weight excluding hydrogens is 443 g/mol. The molecule has 1 saturated heterocycles. The van der Waals surface area contributed by atoms with Crippen LogP contribution >= 0.6 is 11.6 Å². The summed E-state index contributed by atoms with van der Waals surface area (Å²) in [5, 5.41) is 3.40. The molecule has 3 rings (SSSR count). The van der Waals surface area contributed by atoms with Gasteiger partial charge < -0.3 is 10.3 Å². The Morgan fingerprint density at radius 3 is 2.65 bits per heavy atom. The van der Waals surface area contributed by atoms with Crippen LogP contribution in [0.3, 0.4) is 0 Å². The molecule has 1 aliphatic rings. The molecule has 9 heteroatoms. The summed E-state index contributed by atoms with van der Waals surface area (Å²) in [7, 11) is -3.68. The van der Waals surface area contributed by atoms with Gasteiger partial charge in [-0.3, -0.25) is 8.98 Å². The van der Waals surface area contributed by atoms with Crippen molar-refractivity contribution in [1.82, 2.24) is 5.32 Å². The summed E-state index contributed by atoms with van der Waals surface area (Å²) in [6, 6.07) is 11.6. The third-order valence-corrected chi connectivity index (χ3v) is 6.21. The first-order valence-corrected chi connectivity index (χ1v) is 11.9. The van der Waals surface area contributed by atoms with Crippen molar-refractivity contribution in [1.29, 1.82) is 0 Å². The number of carbonyl (C=O) groups is 1. The first-order valence-electron chi connectivity index (χ1n) is 9.74. The van der Waals surface area contributed by atoms with Gasteiger partial charge in [0.05, 0.1) is 18.3 Å². The predicted molar refractivity (Wildman–Crippen MR) is 119 cm³/mol. The van der Waals surface area contributed by atoms with Gasteiger partial charge in [0.1, 0.15) is 5.82 Å². The molecule has 0 radical (unpaired) electrons. The average molecular weight is 467 g/mol. The molecule has 166 valence electrons. The second kappa shape index (κ2) is 9.46. The van der Waals surface area contributed by atoms with Gasteiger partial charge in [0.15, 0.2) is 0 Å². The summed E-state index contributed by atoms with van der Waals surface area (Å²) < 4.78 is 42.0. The maximum Gasteiger partial charge on any atom is 0.264 e. The van der Waals surface area contributed by atoms with Crippen molar-refractivity contribution >= 4 is 34.3 Å². The molecule has 0 aromatic heterocycles. The molecule has 0 aliphatic carbocycles. The molecule has 0 spiro atoms. The van der Waals surface area contributed by atoms with E-state index in [2.05, 4.69) is 17.0 Å². The van der Waals surface area contributed by atoms with E-state index in [1.54, 1.807) is 6.07 Å². The Kier molecular flexibility index (Phi) is 7.13. The van der Waals surface area contributed by atoms with E-state index in [-0.39, 0.29) is 24.4 Å². The zero-order valence-electron chi connectivity index (χ0n) is 17.1. The summed E-state index contributed by atoms with van der Waals surface area (Å²) in [6.45, 7) is 3.54. The minimum atomic E-state index is -3.68. The number of carbonyl (C=O) groups excluding carboxylic acids is 1. The zero-order chi connectivity index (χ0) is 22.6. The van der Waals surface area contributed by atoms with Gasteiger partial charge in [0.2, 0.25) is 5.91 Å². The Labute approximate surface area is 186 Å². The molecule has 1 unspecified atom stereocenters. The first kappa shape index (κ1) is 23.4. The highest BCUT2D eigenvalue weighted by atomic mass is 35.5. The lowest BCUT2D eigenvalue weighted by Crippen LogP contribution is -2.37. The Morgan fingerprint density at radius 2 is 2.00 bits per heavy atom. The number of rotatable bonds is 9. The Hall–Kier alpha value is -2.29. The molecule has 2 aromatic rings. The van der Waals surface area contributed by atoms with Crippen LogP contribution in [0.15, 0.2) is 47.5 Å². The van der Waals surface area contributed by atoms with Crippen LogP contribution in [0.2, 0.25) is 5.02 Å². The predicted octanol–water partition coefficient (Wildman–Crippen LogP) is 3.63. The van der Waals surface area contributed by atoms with Gasteiger partial charge in [-0.15, -0.1) is 0 Å². The molecule has 2 atom stereocenters. The number of nitrogens with zero attached hydrogens (tertiary/aromatic N) is 1. The van der Waals surface area contributed by atoms with Gasteiger partial charge in [-0.25, -0.2) is 4.39 Å². The van der Waals surface area contributed by atoms with Crippen molar-refractivity contribution in [2.75, 3.05) is 19.4 Å². The van der Waals surface area contributed by atoms with Crippen molar-refractivity contribution in [2.45, 2.75) is 25.3 Å². The van der Waals surface area contributed by atoms with E-state index in [1.165, 1.54) is 12.1 Å². The van der Waals surface area contributed by atoms with Crippen LogP contribution in [0.5, 0.6) is 0 Å². The van der Waals surface area contributed by atoms with E-state index in [0.29, 0.717) is 42.0 Å². The lowest BCUT2D eigenvalue weighted by atomic mass is 9.81. The second-order valence-electron chi connectivity index (χ2n) is 7.84. The Balaban J connectivity index is 1.73. The molecule has 6 nitrogen and oxygen atoms in total. The van der Waals surface area contributed by atoms with E-state index in [1.807, 2.05) is 24.3 Å². The highest BCUT2D eigenvalue weighted by molar-refractivity contribution is 7.85. The molecule has 31 heavy (non-hydrogen) atoms. The van der Waals surface area contributed by atoms with Gasteiger partial charge in [0.25, 0.3) is 10.1 Å². The van der Waals surface area contributed by atoms with Crippen LogP contribution in [-0.2, 0) is 25.5 Å². The minimum absolute atomic E-state index is 0.186. The molecular formula is C22H24ClFN2O4S. The topological polar surface area (TPSA) is 84.8 Å². The van der Waals surface area contributed by atoms with Crippen LogP contribution in [-0.4, -0.2) is 46.5 Å². The number of hydrogen-bond donors (Lipinski definition) is 1. The van der Waals surface area contributed by atoms with Crippen molar-refractivity contribution < 1.29 is 21.8 Å². The van der Waals surface area contributed by atoms with Crippen LogP contribution in [0.4, 0.5) is 4.39 Å². The molecule has 0 saturated carbocycles. The second-order valence-corrected chi connectivity index (χ2v) is 9.92. The van der Waals surface area contributed by atoms with Crippen molar-refractivity contribution in [3.63, 3.8) is 0 Å². The quantitative estimate of drug-likeness (QED) is 0.451. The fourth-order valence-electron chi connectivity index (χ4n) is 3.83. The van der Waals surface area contributed by atoms with E-state index in [4.69, 9.17) is 15.8 Å². The molecule has 1 heterocycles. The number of halogens is 2. The molecule has 1 fully saturated rings. The minimum Gasteiger partial charge on any atom is -0.352 e. The molecule has 1 aliphatic heterocycles. The monoisotopic (exact) mass is 466 g/mol. The van der Waals surface area contributed by atoms with Crippen LogP contribution < -0.4 is 5.32 Å². The summed E-state index contributed by atoms with van der Waals surface area (Å²) in [4.78, 5) is 16.5. The van der Waals surface area contributed by atoms with E-state index < -0.39 is 15.5 Å². The third kappa shape index (κ3) is 5.90. The smallest absolute Gasteiger partial charge is 0.264 e. The molecule has 2 aromatic carbocycles. The van der Waals surface area contributed by atoms with Gasteiger partial charge in [-0.1, -0.05) is 35.9 Å². The van der Waals surface area contributed by atoms with Crippen LogP contribution in [0.1, 0.15) is 18.4 Å². The van der Waals surface area contributed by atoms with Crippen molar-refractivity contribution in [2.24, 2.45) is 10.4 Å². The summed E-state index contributed by atoms with van der Waals surface area (Å²) in [6.07, 6.45) is 2.27. The standard InChI is InChI=1S/C22H24ClFN2O4S/c1-25-10-9-22(14-30-31(2,28)29)13-18(26-21(22)27)11-15-3-5-16(6-4-15)19-12-17(23)7-8-20(19)24/h3-8,12,18H,1,9-11,13-14H2,2H3,(H,26,27)/t18-,22?/m1/s1. The normalized spacial score (nSPS) is 21.1. The highest BCUT2D eigenvalue weighted by Crippen LogP contribution is 2.36. The molecule has 0 bridgehead atoms. The Bertz CT molecular complexity index is 1080. The summed E-state index contributed by atoms with van der Waals surface area (Å²) in [5.74, 6) is -0.603. The fourth-order valence-corrected chi connectivity index (χ4v) is 4.44. The first-order chi connectivity index (χ1) is 14.6. The molecule has 1 amide bonds. The largest absolute Gasteiger partial charge is 0.352 e.